The number of hydrogen-bond donors (Lipinski definition) is 2. The summed E-state index contributed by atoms with van der Waals surface area (Å²) in [5.74, 6) is -0.366. The summed E-state index contributed by atoms with van der Waals surface area (Å²) in [6.07, 6.45) is -2.44. The highest BCUT2D eigenvalue weighted by Crippen LogP contribution is 2.44. The molecule has 0 atom stereocenters. The van der Waals surface area contributed by atoms with Gasteiger partial charge < -0.3 is 20.7 Å². The van der Waals surface area contributed by atoms with Crippen molar-refractivity contribution >= 4 is 50.2 Å². The van der Waals surface area contributed by atoms with E-state index in [9.17, 15) is 13.6 Å². The van der Waals surface area contributed by atoms with Crippen molar-refractivity contribution in [2.24, 2.45) is 0 Å². The standard InChI is InChI=1S/C24H22F2N4O2S2/c1-24(25,26)32-14-7-5-13(6-8-14)28-22(31)21-20(27)19-18(17-4-3-11-33-17)15-12-30(2)10-9-16(15)29-23(19)34-21/h3-8,11H,9-10,12,27H2,1-2H3,(H,28,31). The minimum Gasteiger partial charge on any atom is -0.433 e. The van der Waals surface area contributed by atoms with Crippen LogP contribution in [-0.2, 0) is 13.0 Å². The number of carbonyl (C=O) groups is 1. The Bertz CT molecular complexity index is 1360. The number of pyridine rings is 1. The Kier molecular flexibility index (Phi) is 5.75. The van der Waals surface area contributed by atoms with Crippen LogP contribution in [0.3, 0.4) is 0 Å². The fourth-order valence-electron chi connectivity index (χ4n) is 4.12. The van der Waals surface area contributed by atoms with Gasteiger partial charge in [-0.3, -0.25) is 4.79 Å². The van der Waals surface area contributed by atoms with Crippen LogP contribution in [0.5, 0.6) is 5.75 Å². The first-order valence-corrected chi connectivity index (χ1v) is 12.3. The number of benzene rings is 1. The number of fused-ring (bicyclic) bond motifs is 2. The molecule has 0 saturated carbocycles. The first-order valence-electron chi connectivity index (χ1n) is 10.6. The molecule has 1 aromatic carbocycles. The normalized spacial score (nSPS) is 14.2. The van der Waals surface area contributed by atoms with Gasteiger partial charge in [0.05, 0.1) is 5.69 Å². The van der Waals surface area contributed by atoms with Crippen molar-refractivity contribution in [1.82, 2.24) is 9.88 Å². The summed E-state index contributed by atoms with van der Waals surface area (Å²) in [5, 5.41) is 5.63. The number of ether oxygens (including phenoxy) is 1. The fraction of sp³-hybridized carbons (Fsp3) is 0.250. The minimum absolute atomic E-state index is 0.00668. The third-order valence-electron chi connectivity index (χ3n) is 5.60. The van der Waals surface area contributed by atoms with E-state index in [0.717, 1.165) is 51.4 Å². The molecule has 3 aromatic heterocycles. The number of halogens is 2. The Balaban J connectivity index is 1.52. The zero-order chi connectivity index (χ0) is 24.0. The molecule has 0 radical (unpaired) electrons. The molecule has 6 nitrogen and oxygen atoms in total. The van der Waals surface area contributed by atoms with E-state index in [-0.39, 0.29) is 11.7 Å². The van der Waals surface area contributed by atoms with Crippen LogP contribution in [0.15, 0.2) is 41.8 Å². The van der Waals surface area contributed by atoms with Gasteiger partial charge in [0, 0.05) is 53.6 Å². The molecule has 0 fully saturated rings. The number of anilines is 2. The molecule has 5 rings (SSSR count). The number of hydrogen-bond acceptors (Lipinski definition) is 7. The molecule has 1 aliphatic heterocycles. The number of amides is 1. The topological polar surface area (TPSA) is 80.5 Å². The summed E-state index contributed by atoms with van der Waals surface area (Å²) in [6, 6.07) is 9.83. The monoisotopic (exact) mass is 500 g/mol. The zero-order valence-electron chi connectivity index (χ0n) is 18.5. The van der Waals surface area contributed by atoms with Crippen LogP contribution < -0.4 is 15.8 Å². The van der Waals surface area contributed by atoms with Crippen molar-refractivity contribution in [3.8, 4) is 16.2 Å². The number of aromatic nitrogens is 1. The predicted octanol–water partition coefficient (Wildman–Crippen LogP) is 5.84. The largest absolute Gasteiger partial charge is 0.433 e. The summed E-state index contributed by atoms with van der Waals surface area (Å²) in [6.45, 7) is 2.36. The maximum Gasteiger partial charge on any atom is 0.394 e. The van der Waals surface area contributed by atoms with E-state index in [1.165, 1.54) is 35.6 Å². The van der Waals surface area contributed by atoms with Gasteiger partial charge in [0.15, 0.2) is 0 Å². The van der Waals surface area contributed by atoms with E-state index in [0.29, 0.717) is 23.2 Å². The highest BCUT2D eigenvalue weighted by molar-refractivity contribution is 7.21. The smallest absolute Gasteiger partial charge is 0.394 e. The lowest BCUT2D eigenvalue weighted by Gasteiger charge is -2.26. The Hall–Kier alpha value is -3.08. The van der Waals surface area contributed by atoms with Crippen LogP contribution in [0.4, 0.5) is 20.2 Å². The van der Waals surface area contributed by atoms with E-state index in [1.54, 1.807) is 11.3 Å². The molecule has 0 bridgehead atoms. The van der Waals surface area contributed by atoms with Gasteiger partial charge in [-0.1, -0.05) is 6.07 Å². The summed E-state index contributed by atoms with van der Waals surface area (Å²) < 4.78 is 30.6. The Labute approximate surface area is 203 Å². The number of alkyl halides is 2. The van der Waals surface area contributed by atoms with Crippen molar-refractivity contribution in [3.63, 3.8) is 0 Å². The van der Waals surface area contributed by atoms with E-state index >= 15 is 0 Å². The number of likely N-dealkylation sites (N-methyl/N-ethyl adjacent to an activating group) is 1. The average Bonchev–Trinajstić information content (AvgIpc) is 3.41. The number of nitrogen functional groups attached to an aromatic ring is 1. The van der Waals surface area contributed by atoms with Crippen molar-refractivity contribution in [1.29, 1.82) is 0 Å². The molecule has 1 aliphatic rings. The molecule has 10 heteroatoms. The SMILES string of the molecule is CN1CCc2nc3sc(C(=O)Nc4ccc(OC(C)(F)F)cc4)c(N)c3c(-c3cccs3)c2C1. The molecule has 0 aliphatic carbocycles. The number of nitrogens with one attached hydrogen (secondary N) is 1. The highest BCUT2D eigenvalue weighted by Gasteiger charge is 2.27. The number of rotatable bonds is 5. The highest BCUT2D eigenvalue weighted by atomic mass is 32.1. The third kappa shape index (κ3) is 4.36. The second-order valence-corrected chi connectivity index (χ2v) is 10.2. The van der Waals surface area contributed by atoms with Crippen molar-refractivity contribution in [3.05, 3.63) is 57.9 Å². The van der Waals surface area contributed by atoms with Gasteiger partial charge in [0.25, 0.3) is 5.91 Å². The maximum atomic E-state index is 13.1. The van der Waals surface area contributed by atoms with Crippen molar-refractivity contribution in [2.45, 2.75) is 26.0 Å². The number of carbonyl (C=O) groups excluding carboxylic acids is 1. The molecule has 34 heavy (non-hydrogen) atoms. The van der Waals surface area contributed by atoms with Gasteiger partial charge in [-0.15, -0.1) is 22.7 Å². The van der Waals surface area contributed by atoms with Gasteiger partial charge in [-0.2, -0.15) is 8.78 Å². The Morgan fingerprint density at radius 1 is 1.26 bits per heavy atom. The maximum absolute atomic E-state index is 13.1. The fourth-order valence-corrected chi connectivity index (χ4v) is 5.95. The van der Waals surface area contributed by atoms with E-state index < -0.39 is 6.11 Å². The second-order valence-electron chi connectivity index (χ2n) is 8.29. The first-order chi connectivity index (χ1) is 16.2. The van der Waals surface area contributed by atoms with Gasteiger partial charge in [0.2, 0.25) is 0 Å². The second kappa shape index (κ2) is 8.61. The quantitative estimate of drug-likeness (QED) is 0.360. The lowest BCUT2D eigenvalue weighted by atomic mass is 9.96. The molecular weight excluding hydrogens is 478 g/mol. The van der Waals surface area contributed by atoms with E-state index in [2.05, 4.69) is 28.1 Å². The summed E-state index contributed by atoms with van der Waals surface area (Å²) in [5.41, 5.74) is 10.7. The molecule has 1 amide bonds. The average molecular weight is 501 g/mol. The van der Waals surface area contributed by atoms with E-state index in [1.807, 2.05) is 11.4 Å². The molecule has 0 saturated heterocycles. The summed E-state index contributed by atoms with van der Waals surface area (Å²) in [4.78, 5) is 22.5. The molecule has 4 heterocycles. The van der Waals surface area contributed by atoms with Crippen LogP contribution in [0, 0.1) is 0 Å². The Morgan fingerprint density at radius 2 is 2.03 bits per heavy atom. The van der Waals surface area contributed by atoms with Crippen LogP contribution in [0.1, 0.15) is 27.9 Å². The summed E-state index contributed by atoms with van der Waals surface area (Å²) >= 11 is 2.90. The number of thiophene rings is 2. The van der Waals surface area contributed by atoms with Crippen LogP contribution in [0.2, 0.25) is 0 Å². The number of nitrogens with two attached hydrogens (primary N) is 1. The van der Waals surface area contributed by atoms with Gasteiger partial charge in [0.1, 0.15) is 15.5 Å². The lowest BCUT2D eigenvalue weighted by molar-refractivity contribution is -0.158. The number of nitrogens with zero attached hydrogens (tertiary/aromatic N) is 2. The third-order valence-corrected chi connectivity index (χ3v) is 7.59. The zero-order valence-corrected chi connectivity index (χ0v) is 20.2. The first kappa shape index (κ1) is 22.7. The molecule has 3 N–H and O–H groups in total. The van der Waals surface area contributed by atoms with Crippen molar-refractivity contribution in [2.75, 3.05) is 24.6 Å². The molecule has 4 aromatic rings. The summed E-state index contributed by atoms with van der Waals surface area (Å²) in [7, 11) is 2.08. The Morgan fingerprint density at radius 3 is 2.71 bits per heavy atom. The van der Waals surface area contributed by atoms with Gasteiger partial charge in [-0.05, 0) is 48.3 Å². The van der Waals surface area contributed by atoms with Gasteiger partial charge >= 0.3 is 6.11 Å². The van der Waals surface area contributed by atoms with Crippen LogP contribution in [-0.4, -0.2) is 35.5 Å². The van der Waals surface area contributed by atoms with Crippen LogP contribution >= 0.6 is 22.7 Å². The lowest BCUT2D eigenvalue weighted by Crippen LogP contribution is -2.27. The molecular formula is C24H22F2N4O2S2. The minimum atomic E-state index is -3.28. The molecule has 0 unspecified atom stereocenters. The van der Waals surface area contributed by atoms with Crippen molar-refractivity contribution < 1.29 is 18.3 Å². The predicted molar refractivity (Wildman–Crippen MR) is 133 cm³/mol. The van der Waals surface area contributed by atoms with Crippen LogP contribution in [0.25, 0.3) is 20.7 Å². The van der Waals surface area contributed by atoms with E-state index in [4.69, 9.17) is 10.7 Å². The van der Waals surface area contributed by atoms with Gasteiger partial charge in [-0.25, -0.2) is 4.98 Å². The molecule has 0 spiro atoms. The molecule has 176 valence electrons.